The average Bonchev–Trinajstić information content (AvgIpc) is 3.32. The topological polar surface area (TPSA) is 127 Å². The van der Waals surface area contributed by atoms with Gasteiger partial charge < -0.3 is 20.9 Å². The van der Waals surface area contributed by atoms with Crippen molar-refractivity contribution in [3.05, 3.63) is 88.0 Å². The van der Waals surface area contributed by atoms with E-state index in [2.05, 4.69) is 9.97 Å². The molecule has 2 aromatic heterocycles. The van der Waals surface area contributed by atoms with Crippen molar-refractivity contribution in [3.8, 4) is 17.0 Å². The van der Waals surface area contributed by atoms with Crippen molar-refractivity contribution in [1.29, 1.82) is 0 Å². The summed E-state index contributed by atoms with van der Waals surface area (Å²) in [4.78, 5) is 33.0. The van der Waals surface area contributed by atoms with Gasteiger partial charge in [0, 0.05) is 28.3 Å². The molecule has 5 rings (SSSR count). The number of fused-ring (bicyclic) bond motifs is 2. The van der Waals surface area contributed by atoms with Gasteiger partial charge >= 0.3 is 12.4 Å². The average molecular weight is 657 g/mol. The molecule has 236 valence electrons. The molecule has 0 spiro atoms. The van der Waals surface area contributed by atoms with Crippen LogP contribution in [0.5, 0.6) is 5.75 Å². The van der Waals surface area contributed by atoms with Gasteiger partial charge in [0.1, 0.15) is 29.3 Å². The fourth-order valence-electron chi connectivity index (χ4n) is 4.74. The van der Waals surface area contributed by atoms with Crippen LogP contribution in [0.1, 0.15) is 34.1 Å². The summed E-state index contributed by atoms with van der Waals surface area (Å²) < 4.78 is 103. The van der Waals surface area contributed by atoms with Crippen LogP contribution in [0.4, 0.5) is 30.7 Å². The molecule has 45 heavy (non-hydrogen) atoms. The van der Waals surface area contributed by atoms with Gasteiger partial charge in [-0.05, 0) is 55.5 Å². The Morgan fingerprint density at radius 1 is 1.09 bits per heavy atom. The first kappa shape index (κ1) is 31.9. The Morgan fingerprint density at radius 2 is 1.76 bits per heavy atom. The molecule has 4 aromatic rings. The Hall–Kier alpha value is -4.50. The van der Waals surface area contributed by atoms with Crippen molar-refractivity contribution in [1.82, 2.24) is 15.3 Å². The summed E-state index contributed by atoms with van der Waals surface area (Å²) in [7, 11) is 0. The lowest BCUT2D eigenvalue weighted by atomic mass is 9.81. The van der Waals surface area contributed by atoms with Gasteiger partial charge in [0.05, 0.1) is 28.3 Å². The summed E-state index contributed by atoms with van der Waals surface area (Å²) in [6.45, 7) is -0.587. The van der Waals surface area contributed by atoms with Crippen LogP contribution in [0.3, 0.4) is 0 Å². The lowest BCUT2D eigenvalue weighted by Gasteiger charge is -2.31. The van der Waals surface area contributed by atoms with E-state index in [1.807, 2.05) is 5.32 Å². The fourth-order valence-corrected chi connectivity index (χ4v) is 5.02. The molecule has 3 heterocycles. The van der Waals surface area contributed by atoms with Gasteiger partial charge in [-0.2, -0.15) is 26.3 Å². The minimum atomic E-state index is -5.49. The number of halogens is 8. The third-order valence-corrected chi connectivity index (χ3v) is 7.75. The molecule has 0 radical (unpaired) electrons. The van der Waals surface area contributed by atoms with Crippen LogP contribution in [0.25, 0.3) is 22.2 Å². The Morgan fingerprint density at radius 3 is 2.36 bits per heavy atom. The Bertz CT molecular complexity index is 1850. The molecular formula is C29H20ClF7N4O4. The van der Waals surface area contributed by atoms with Gasteiger partial charge in [-0.25, -0.2) is 9.37 Å². The number of amides is 2. The van der Waals surface area contributed by atoms with Crippen molar-refractivity contribution >= 4 is 34.3 Å². The van der Waals surface area contributed by atoms with E-state index >= 15 is 0 Å². The zero-order chi connectivity index (χ0) is 33.1. The normalized spacial score (nSPS) is 17.8. The lowest BCUT2D eigenvalue weighted by Crippen LogP contribution is -2.51. The standard InChI is InChI=1S/C29H20ClF7N4O4/c1-26(25(38)43)12-45-23-18(26)9-20(41-22(23)13-2-4-17(31)5-3-13)27(44,29(35,36)37)11-40-24(42)15-6-14-7-16(28(32,33)34)10-39-21(14)19(30)8-15/h2-10,44H,11-12H2,1H3,(H2,38,43)(H,40,42)/t26-,27?/m0/s1. The molecule has 2 amide bonds. The number of benzene rings is 2. The first-order valence-corrected chi connectivity index (χ1v) is 13.2. The van der Waals surface area contributed by atoms with Gasteiger partial charge in [0.2, 0.25) is 11.5 Å². The minimum Gasteiger partial charge on any atom is -0.489 e. The lowest BCUT2D eigenvalue weighted by molar-refractivity contribution is -0.265. The van der Waals surface area contributed by atoms with Crippen LogP contribution >= 0.6 is 11.6 Å². The molecule has 0 saturated carbocycles. The number of hydrogen-bond donors (Lipinski definition) is 3. The molecule has 2 atom stereocenters. The van der Waals surface area contributed by atoms with E-state index < -0.39 is 64.4 Å². The summed E-state index contributed by atoms with van der Waals surface area (Å²) >= 11 is 6.09. The second-order valence-corrected chi connectivity index (χ2v) is 10.9. The highest BCUT2D eigenvalue weighted by Gasteiger charge is 2.57. The molecule has 0 aliphatic carbocycles. The highest BCUT2D eigenvalue weighted by molar-refractivity contribution is 6.35. The fraction of sp³-hybridized carbons (Fsp3) is 0.241. The number of aromatic nitrogens is 2. The first-order valence-electron chi connectivity index (χ1n) is 12.8. The van der Waals surface area contributed by atoms with Crippen molar-refractivity contribution in [2.45, 2.75) is 30.3 Å². The molecular weight excluding hydrogens is 637 g/mol. The van der Waals surface area contributed by atoms with Crippen molar-refractivity contribution in [2.24, 2.45) is 5.73 Å². The van der Waals surface area contributed by atoms with Gasteiger partial charge in [0.25, 0.3) is 5.91 Å². The number of nitrogens with zero attached hydrogens (tertiary/aromatic N) is 2. The number of pyridine rings is 2. The number of nitrogens with two attached hydrogens (primary N) is 1. The van der Waals surface area contributed by atoms with E-state index in [9.17, 15) is 45.4 Å². The van der Waals surface area contributed by atoms with E-state index in [0.29, 0.717) is 12.3 Å². The van der Waals surface area contributed by atoms with Crippen LogP contribution in [0.15, 0.2) is 54.7 Å². The zero-order valence-corrected chi connectivity index (χ0v) is 23.5. The Kier molecular flexibility index (Phi) is 7.69. The van der Waals surface area contributed by atoms with E-state index in [4.69, 9.17) is 22.1 Å². The molecule has 1 aliphatic rings. The van der Waals surface area contributed by atoms with Gasteiger partial charge in [-0.1, -0.05) is 11.6 Å². The van der Waals surface area contributed by atoms with E-state index in [1.165, 1.54) is 19.1 Å². The molecule has 0 bridgehead atoms. The Labute approximate surface area is 254 Å². The summed E-state index contributed by atoms with van der Waals surface area (Å²) in [5.74, 6) is -2.96. The molecule has 16 heteroatoms. The predicted molar refractivity (Wildman–Crippen MR) is 146 cm³/mol. The first-order chi connectivity index (χ1) is 20.8. The van der Waals surface area contributed by atoms with Crippen LogP contribution < -0.4 is 15.8 Å². The maximum absolute atomic E-state index is 14.6. The monoisotopic (exact) mass is 656 g/mol. The largest absolute Gasteiger partial charge is 0.489 e. The number of nitrogens with one attached hydrogen (secondary N) is 1. The molecule has 0 saturated heterocycles. The predicted octanol–water partition coefficient (Wildman–Crippen LogP) is 5.42. The molecule has 8 nitrogen and oxygen atoms in total. The molecule has 0 fully saturated rings. The SMILES string of the molecule is C[C@]1(C(N)=O)COc2c1cc(C(O)(CNC(=O)c1cc(Cl)c3ncc(C(F)(F)F)cc3c1)C(F)(F)F)nc2-c1ccc(F)cc1. The third-order valence-electron chi connectivity index (χ3n) is 7.46. The van der Waals surface area contributed by atoms with Crippen molar-refractivity contribution in [3.63, 3.8) is 0 Å². The van der Waals surface area contributed by atoms with Crippen LogP contribution in [0.2, 0.25) is 5.02 Å². The number of alkyl halides is 6. The second-order valence-electron chi connectivity index (χ2n) is 10.5. The number of aliphatic hydroxyl groups is 1. The molecule has 1 unspecified atom stereocenters. The van der Waals surface area contributed by atoms with E-state index in [1.54, 1.807) is 0 Å². The zero-order valence-electron chi connectivity index (χ0n) is 22.8. The molecule has 4 N–H and O–H groups in total. The molecule has 2 aromatic carbocycles. The summed E-state index contributed by atoms with van der Waals surface area (Å²) in [6.07, 6.45) is -9.73. The highest BCUT2D eigenvalue weighted by atomic mass is 35.5. The summed E-state index contributed by atoms with van der Waals surface area (Å²) in [5, 5.41) is 12.6. The van der Waals surface area contributed by atoms with E-state index in [0.717, 1.165) is 30.3 Å². The number of ether oxygens (including phenoxy) is 1. The van der Waals surface area contributed by atoms with Crippen molar-refractivity contribution in [2.75, 3.05) is 13.2 Å². The highest BCUT2D eigenvalue weighted by Crippen LogP contribution is 2.47. The number of primary amides is 1. The summed E-state index contributed by atoms with van der Waals surface area (Å²) in [6, 6.07) is 7.80. The maximum atomic E-state index is 14.6. The summed E-state index contributed by atoms with van der Waals surface area (Å²) in [5.41, 5.74) is -3.05. The van der Waals surface area contributed by atoms with Crippen LogP contribution in [0, 0.1) is 5.82 Å². The van der Waals surface area contributed by atoms with Crippen molar-refractivity contribution < 1.29 is 50.2 Å². The number of hydrogen-bond acceptors (Lipinski definition) is 6. The third kappa shape index (κ3) is 5.61. The second kappa shape index (κ2) is 10.8. The maximum Gasteiger partial charge on any atom is 0.424 e. The number of rotatable bonds is 6. The quantitative estimate of drug-likeness (QED) is 0.238. The molecule has 1 aliphatic heterocycles. The smallest absolute Gasteiger partial charge is 0.424 e. The Balaban J connectivity index is 1.57. The van der Waals surface area contributed by atoms with E-state index in [-0.39, 0.29) is 45.1 Å². The van der Waals surface area contributed by atoms with Crippen LogP contribution in [-0.2, 0) is 22.0 Å². The van der Waals surface area contributed by atoms with Gasteiger partial charge in [-0.15, -0.1) is 0 Å². The number of carbonyl (C=O) groups excluding carboxylic acids is 2. The van der Waals surface area contributed by atoms with Gasteiger partial charge in [0.15, 0.2) is 0 Å². The minimum absolute atomic E-state index is 0.0782. The van der Waals surface area contributed by atoms with Crippen LogP contribution in [-0.4, -0.2) is 46.2 Å². The number of carbonyl (C=O) groups is 2. The van der Waals surface area contributed by atoms with Gasteiger partial charge in [-0.3, -0.25) is 14.6 Å².